The molecule has 0 aliphatic carbocycles. The lowest BCUT2D eigenvalue weighted by Crippen LogP contribution is -2.46. The molecular formula is C27H27N3O4S. The van der Waals surface area contributed by atoms with Crippen LogP contribution in [-0.4, -0.2) is 47.9 Å². The van der Waals surface area contributed by atoms with Gasteiger partial charge in [-0.2, -0.15) is 0 Å². The summed E-state index contributed by atoms with van der Waals surface area (Å²) in [6, 6.07) is 24.4. The van der Waals surface area contributed by atoms with Crippen LogP contribution in [0.1, 0.15) is 12.0 Å². The first-order valence-electron chi connectivity index (χ1n) is 11.2. The molecule has 1 atom stereocenters. The molecule has 7 nitrogen and oxygen atoms in total. The Kier molecular flexibility index (Phi) is 8.05. The highest BCUT2D eigenvalue weighted by Crippen LogP contribution is 2.31. The molecule has 0 aromatic heterocycles. The lowest BCUT2D eigenvalue weighted by Gasteiger charge is -2.32. The van der Waals surface area contributed by atoms with Gasteiger partial charge in [-0.1, -0.05) is 42.1 Å². The van der Waals surface area contributed by atoms with Crippen LogP contribution < -0.4 is 14.8 Å². The Labute approximate surface area is 209 Å². The summed E-state index contributed by atoms with van der Waals surface area (Å²) in [7, 11) is 3.19. The van der Waals surface area contributed by atoms with E-state index in [0.717, 1.165) is 11.3 Å². The third-order valence-corrected chi connectivity index (χ3v) is 6.74. The molecule has 0 unspecified atom stereocenters. The van der Waals surface area contributed by atoms with Gasteiger partial charge in [0.05, 0.1) is 19.9 Å². The molecule has 0 spiro atoms. The number of thioether (sulfide) groups is 1. The van der Waals surface area contributed by atoms with Gasteiger partial charge in [-0.15, -0.1) is 0 Å². The summed E-state index contributed by atoms with van der Waals surface area (Å²) in [5.74, 6) is 1.06. The number of rotatable bonds is 8. The number of carbonyl (C=O) groups is 2. The number of amidine groups is 1. The number of amides is 2. The highest BCUT2D eigenvalue weighted by molar-refractivity contribution is 8.15. The largest absolute Gasteiger partial charge is 0.497 e. The van der Waals surface area contributed by atoms with Gasteiger partial charge in [0.1, 0.15) is 16.7 Å². The van der Waals surface area contributed by atoms with Gasteiger partial charge < -0.3 is 14.8 Å². The molecule has 0 radical (unpaired) electrons. The van der Waals surface area contributed by atoms with E-state index in [-0.39, 0.29) is 18.2 Å². The number of carbonyl (C=O) groups excluding carboxylic acids is 2. The van der Waals surface area contributed by atoms with E-state index in [1.165, 1.54) is 11.8 Å². The molecule has 1 heterocycles. The summed E-state index contributed by atoms with van der Waals surface area (Å²) < 4.78 is 10.4. The van der Waals surface area contributed by atoms with Crippen molar-refractivity contribution in [2.24, 2.45) is 4.99 Å². The van der Waals surface area contributed by atoms with Crippen LogP contribution in [0.5, 0.6) is 11.5 Å². The minimum Gasteiger partial charge on any atom is -0.497 e. The molecule has 0 bridgehead atoms. The molecule has 1 saturated heterocycles. The number of nitrogens with one attached hydrogen (secondary N) is 1. The van der Waals surface area contributed by atoms with Gasteiger partial charge >= 0.3 is 0 Å². The molecular weight excluding hydrogens is 462 g/mol. The van der Waals surface area contributed by atoms with Gasteiger partial charge in [0.25, 0.3) is 0 Å². The maximum absolute atomic E-state index is 13.2. The molecule has 1 fully saturated rings. The highest BCUT2D eigenvalue weighted by Gasteiger charge is 2.35. The summed E-state index contributed by atoms with van der Waals surface area (Å²) in [4.78, 5) is 32.6. The van der Waals surface area contributed by atoms with Gasteiger partial charge in [0.15, 0.2) is 5.17 Å². The van der Waals surface area contributed by atoms with E-state index in [1.807, 2.05) is 54.6 Å². The Morgan fingerprint density at radius 2 is 1.60 bits per heavy atom. The minimum absolute atomic E-state index is 0.100. The molecule has 2 amide bonds. The molecule has 1 aliphatic rings. The van der Waals surface area contributed by atoms with E-state index in [2.05, 4.69) is 5.32 Å². The maximum atomic E-state index is 13.2. The predicted molar refractivity (Wildman–Crippen MR) is 140 cm³/mol. The third-order valence-electron chi connectivity index (χ3n) is 5.55. The van der Waals surface area contributed by atoms with Gasteiger partial charge in [0.2, 0.25) is 11.8 Å². The summed E-state index contributed by atoms with van der Waals surface area (Å²) in [6.45, 7) is 0.484. The number of nitrogens with zero attached hydrogens (tertiary/aromatic N) is 2. The smallest absolute Gasteiger partial charge is 0.238 e. The molecule has 4 rings (SSSR count). The van der Waals surface area contributed by atoms with E-state index >= 15 is 0 Å². The Balaban J connectivity index is 1.53. The average molecular weight is 490 g/mol. The molecule has 3 aromatic rings. The van der Waals surface area contributed by atoms with Crippen LogP contribution in [0.3, 0.4) is 0 Å². The molecule has 0 saturated carbocycles. The van der Waals surface area contributed by atoms with Crippen molar-refractivity contribution in [2.75, 3.05) is 26.1 Å². The van der Waals surface area contributed by atoms with Crippen LogP contribution in [0.25, 0.3) is 0 Å². The Bertz CT molecular complexity index is 1180. The quantitative estimate of drug-likeness (QED) is 0.487. The first kappa shape index (κ1) is 24.3. The van der Waals surface area contributed by atoms with Crippen LogP contribution in [0.15, 0.2) is 83.9 Å². The minimum atomic E-state index is -0.588. The maximum Gasteiger partial charge on any atom is 0.238 e. The Morgan fingerprint density at radius 3 is 2.23 bits per heavy atom. The number of benzene rings is 3. The normalized spacial score (nSPS) is 16.7. The van der Waals surface area contributed by atoms with E-state index in [4.69, 9.17) is 14.5 Å². The summed E-state index contributed by atoms with van der Waals surface area (Å²) in [5.41, 5.74) is 2.46. The van der Waals surface area contributed by atoms with Crippen molar-refractivity contribution in [2.45, 2.75) is 18.1 Å². The van der Waals surface area contributed by atoms with E-state index < -0.39 is 5.25 Å². The Hall–Kier alpha value is -3.78. The van der Waals surface area contributed by atoms with Crippen LogP contribution in [-0.2, 0) is 16.0 Å². The Morgan fingerprint density at radius 1 is 0.971 bits per heavy atom. The number of methoxy groups -OCH3 is 2. The molecule has 8 heteroatoms. The molecule has 180 valence electrons. The zero-order chi connectivity index (χ0) is 24.6. The van der Waals surface area contributed by atoms with Crippen molar-refractivity contribution in [3.63, 3.8) is 0 Å². The van der Waals surface area contributed by atoms with Gasteiger partial charge in [-0.25, -0.2) is 4.99 Å². The summed E-state index contributed by atoms with van der Waals surface area (Å²) >= 11 is 1.31. The van der Waals surface area contributed by atoms with Gasteiger partial charge in [-0.05, 0) is 60.5 Å². The summed E-state index contributed by atoms with van der Waals surface area (Å²) in [6.07, 6.45) is 0.792. The van der Waals surface area contributed by atoms with Crippen molar-refractivity contribution in [3.8, 4) is 11.5 Å². The number of hydrogen-bond acceptors (Lipinski definition) is 6. The molecule has 1 N–H and O–H groups in total. The molecule has 3 aromatic carbocycles. The van der Waals surface area contributed by atoms with Crippen molar-refractivity contribution in [3.05, 3.63) is 84.4 Å². The van der Waals surface area contributed by atoms with Crippen molar-refractivity contribution >= 4 is 40.1 Å². The second-order valence-corrected chi connectivity index (χ2v) is 9.07. The number of hydrogen-bond donors (Lipinski definition) is 1. The van der Waals surface area contributed by atoms with Crippen molar-refractivity contribution in [1.29, 1.82) is 0 Å². The van der Waals surface area contributed by atoms with Crippen molar-refractivity contribution in [1.82, 2.24) is 4.90 Å². The topological polar surface area (TPSA) is 80.2 Å². The SMILES string of the molecule is COc1ccc(N=C2S[C@@H](C(=O)Nc3ccc(OC)cc3)CC(=O)N2CCc2ccccc2)cc1. The summed E-state index contributed by atoms with van der Waals surface area (Å²) in [5, 5.41) is 2.82. The highest BCUT2D eigenvalue weighted by atomic mass is 32.2. The van der Waals surface area contributed by atoms with E-state index in [1.54, 1.807) is 43.4 Å². The number of ether oxygens (including phenoxy) is 2. The first-order chi connectivity index (χ1) is 17.1. The zero-order valence-corrected chi connectivity index (χ0v) is 20.5. The predicted octanol–water partition coefficient (Wildman–Crippen LogP) is 4.91. The van der Waals surface area contributed by atoms with Crippen LogP contribution in [0.4, 0.5) is 11.4 Å². The first-order valence-corrected chi connectivity index (χ1v) is 12.1. The zero-order valence-electron chi connectivity index (χ0n) is 19.6. The average Bonchev–Trinajstić information content (AvgIpc) is 2.89. The lowest BCUT2D eigenvalue weighted by molar-refractivity contribution is -0.129. The van der Waals surface area contributed by atoms with E-state index in [0.29, 0.717) is 35.3 Å². The van der Waals surface area contributed by atoms with E-state index in [9.17, 15) is 9.59 Å². The molecule has 35 heavy (non-hydrogen) atoms. The number of anilines is 1. The third kappa shape index (κ3) is 6.42. The second kappa shape index (κ2) is 11.6. The molecule has 1 aliphatic heterocycles. The fourth-order valence-electron chi connectivity index (χ4n) is 3.61. The van der Waals surface area contributed by atoms with Gasteiger partial charge in [0, 0.05) is 18.7 Å². The lowest BCUT2D eigenvalue weighted by atomic mass is 10.1. The van der Waals surface area contributed by atoms with Crippen molar-refractivity contribution < 1.29 is 19.1 Å². The van der Waals surface area contributed by atoms with Crippen LogP contribution >= 0.6 is 11.8 Å². The van der Waals surface area contributed by atoms with Crippen LogP contribution in [0, 0.1) is 0 Å². The fourth-order valence-corrected chi connectivity index (χ4v) is 4.74. The van der Waals surface area contributed by atoms with Crippen LogP contribution in [0.2, 0.25) is 0 Å². The number of aliphatic imine (C=N–C) groups is 1. The monoisotopic (exact) mass is 489 g/mol. The second-order valence-electron chi connectivity index (χ2n) is 7.90. The fraction of sp³-hybridized carbons (Fsp3) is 0.222. The standard InChI is InChI=1S/C27H27N3O4S/c1-33-22-12-8-20(9-13-22)28-26(32)24-18-25(31)30(17-16-19-6-4-3-5-7-19)27(35-24)29-21-10-14-23(34-2)15-11-21/h3-15,24H,16-18H2,1-2H3,(H,28,32)/t24-/m1/s1. The van der Waals surface area contributed by atoms with Gasteiger partial charge in [-0.3, -0.25) is 14.5 Å².